The van der Waals surface area contributed by atoms with E-state index in [-0.39, 0.29) is 18.4 Å². The van der Waals surface area contributed by atoms with Crippen LogP contribution in [0.4, 0.5) is 5.69 Å². The number of carbonyl (C=O) groups is 2. The van der Waals surface area contributed by atoms with Crippen LogP contribution >= 0.6 is 35.6 Å². The van der Waals surface area contributed by atoms with E-state index in [1.54, 1.807) is 29.4 Å². The smallest absolute Gasteiger partial charge is 0.267 e. The van der Waals surface area contributed by atoms with E-state index in [0.29, 0.717) is 32.1 Å². The molecule has 0 bridgehead atoms. The van der Waals surface area contributed by atoms with Gasteiger partial charge in [0, 0.05) is 10.6 Å². The molecule has 2 aromatic carbocycles. The number of furan rings is 1. The molecule has 0 aliphatic carbocycles. The molecule has 3 aromatic rings. The van der Waals surface area contributed by atoms with Crippen molar-refractivity contribution in [1.82, 2.24) is 4.90 Å². The summed E-state index contributed by atoms with van der Waals surface area (Å²) in [4.78, 5) is 30.2. The van der Waals surface area contributed by atoms with E-state index in [2.05, 4.69) is 0 Å². The van der Waals surface area contributed by atoms with Gasteiger partial charge < -0.3 is 9.32 Å². The molecular formula is C23H15ClN2O3S2. The first-order chi connectivity index (χ1) is 15.0. The van der Waals surface area contributed by atoms with Gasteiger partial charge in [0.05, 0.1) is 35.5 Å². The first-order valence-corrected chi connectivity index (χ1v) is 11.1. The van der Waals surface area contributed by atoms with Gasteiger partial charge in [0.1, 0.15) is 10.1 Å². The summed E-state index contributed by atoms with van der Waals surface area (Å²) in [5.41, 5.74) is 2.68. The number of anilines is 1. The predicted molar refractivity (Wildman–Crippen MR) is 125 cm³/mol. The minimum Gasteiger partial charge on any atom is -0.467 e. The van der Waals surface area contributed by atoms with E-state index >= 15 is 0 Å². The maximum absolute atomic E-state index is 13.5. The lowest BCUT2D eigenvalue weighted by molar-refractivity contribution is -0.123. The van der Waals surface area contributed by atoms with E-state index in [0.717, 1.165) is 28.6 Å². The lowest BCUT2D eigenvalue weighted by atomic mass is 10.1. The summed E-state index contributed by atoms with van der Waals surface area (Å²) in [6.07, 6.45) is 1.55. The average Bonchev–Trinajstić information content (AvgIpc) is 3.45. The molecule has 8 heteroatoms. The number of para-hydroxylation sites is 1. The Balaban J connectivity index is 1.54. The van der Waals surface area contributed by atoms with Crippen LogP contribution in [0.3, 0.4) is 0 Å². The molecule has 154 valence electrons. The molecule has 1 aromatic heterocycles. The summed E-state index contributed by atoms with van der Waals surface area (Å²) in [5.74, 6) is 0.102. The van der Waals surface area contributed by atoms with E-state index in [4.69, 9.17) is 28.2 Å². The Morgan fingerprint density at radius 1 is 0.903 bits per heavy atom. The molecule has 5 rings (SSSR count). The van der Waals surface area contributed by atoms with Crippen LogP contribution in [0.5, 0.6) is 0 Å². The van der Waals surface area contributed by atoms with Crippen molar-refractivity contribution < 1.29 is 14.0 Å². The zero-order chi connectivity index (χ0) is 21.5. The SMILES string of the molecule is O=C1C(=C2C(=O)N(Cc3ccccc3Cl)c3ccccc32)SC(=S)N1Cc1ccco1. The van der Waals surface area contributed by atoms with Gasteiger partial charge in [-0.15, -0.1) is 0 Å². The highest BCUT2D eigenvalue weighted by atomic mass is 35.5. The third-order valence-corrected chi connectivity index (χ3v) is 7.00. The number of benzene rings is 2. The van der Waals surface area contributed by atoms with Gasteiger partial charge in [0.15, 0.2) is 0 Å². The van der Waals surface area contributed by atoms with Gasteiger partial charge in [-0.2, -0.15) is 0 Å². The van der Waals surface area contributed by atoms with Crippen LogP contribution in [0.15, 0.2) is 76.2 Å². The van der Waals surface area contributed by atoms with Crippen LogP contribution in [-0.4, -0.2) is 21.0 Å². The number of carbonyl (C=O) groups excluding carboxylic acids is 2. The van der Waals surface area contributed by atoms with Crippen molar-refractivity contribution >= 4 is 63.0 Å². The fourth-order valence-corrected chi connectivity index (χ4v) is 5.22. The number of thiocarbonyl (C=S) groups is 1. The zero-order valence-electron chi connectivity index (χ0n) is 16.1. The quantitative estimate of drug-likeness (QED) is 0.388. The molecule has 1 fully saturated rings. The summed E-state index contributed by atoms with van der Waals surface area (Å²) in [6, 6.07) is 18.4. The molecule has 0 unspecified atom stereocenters. The summed E-state index contributed by atoms with van der Waals surface area (Å²) < 4.78 is 5.76. The highest BCUT2D eigenvalue weighted by Gasteiger charge is 2.42. The van der Waals surface area contributed by atoms with Crippen molar-refractivity contribution in [2.75, 3.05) is 4.90 Å². The van der Waals surface area contributed by atoms with Crippen molar-refractivity contribution in [2.24, 2.45) is 0 Å². The number of nitrogens with zero attached hydrogens (tertiary/aromatic N) is 2. The molecule has 0 radical (unpaired) electrons. The van der Waals surface area contributed by atoms with Gasteiger partial charge in [-0.25, -0.2) is 0 Å². The Labute approximate surface area is 193 Å². The Bertz CT molecular complexity index is 1250. The van der Waals surface area contributed by atoms with Gasteiger partial charge in [-0.05, 0) is 29.8 Å². The highest BCUT2D eigenvalue weighted by Crippen LogP contribution is 2.45. The fourth-order valence-electron chi connectivity index (χ4n) is 3.70. The minimum atomic E-state index is -0.288. The lowest BCUT2D eigenvalue weighted by Crippen LogP contribution is -2.29. The summed E-state index contributed by atoms with van der Waals surface area (Å²) in [6.45, 7) is 0.541. The summed E-state index contributed by atoms with van der Waals surface area (Å²) in [5, 5.41) is 0.589. The minimum absolute atomic E-state index is 0.230. The van der Waals surface area contributed by atoms with Gasteiger partial charge >= 0.3 is 0 Å². The van der Waals surface area contributed by atoms with Crippen LogP contribution in [0.1, 0.15) is 16.9 Å². The Hall–Kier alpha value is -2.87. The van der Waals surface area contributed by atoms with Gasteiger partial charge in [-0.1, -0.05) is 72.0 Å². The summed E-state index contributed by atoms with van der Waals surface area (Å²) >= 11 is 12.9. The van der Waals surface area contributed by atoms with Crippen molar-refractivity contribution in [3.63, 3.8) is 0 Å². The molecule has 2 aliphatic rings. The third-order valence-electron chi connectivity index (χ3n) is 5.18. The number of hydrogen-bond donors (Lipinski definition) is 0. The summed E-state index contributed by atoms with van der Waals surface area (Å²) in [7, 11) is 0. The lowest BCUT2D eigenvalue weighted by Gasteiger charge is -2.18. The third kappa shape index (κ3) is 3.48. The molecular weight excluding hydrogens is 452 g/mol. The number of thioether (sulfide) groups is 1. The molecule has 31 heavy (non-hydrogen) atoms. The first kappa shape index (κ1) is 20.1. The second-order valence-electron chi connectivity index (χ2n) is 7.04. The molecule has 3 heterocycles. The standard InChI is InChI=1S/C23H15ClN2O3S2/c24-17-9-3-1-6-14(17)12-25-18-10-4-2-8-16(18)19(21(25)27)20-22(28)26(23(30)31-20)13-15-7-5-11-29-15/h1-11H,12-13H2. The first-order valence-electron chi connectivity index (χ1n) is 9.49. The van der Waals surface area contributed by atoms with Gasteiger partial charge in [0.2, 0.25) is 0 Å². The number of rotatable bonds is 4. The molecule has 0 atom stereocenters. The second kappa shape index (κ2) is 8.00. The number of hydrogen-bond acceptors (Lipinski definition) is 5. The normalized spacial score (nSPS) is 18.3. The topological polar surface area (TPSA) is 53.8 Å². The van der Waals surface area contributed by atoms with E-state index in [1.807, 2.05) is 42.5 Å². The maximum atomic E-state index is 13.5. The van der Waals surface area contributed by atoms with Crippen LogP contribution < -0.4 is 4.90 Å². The zero-order valence-corrected chi connectivity index (χ0v) is 18.5. The van der Waals surface area contributed by atoms with E-state index in [1.165, 1.54) is 4.90 Å². The maximum Gasteiger partial charge on any atom is 0.267 e. The van der Waals surface area contributed by atoms with E-state index < -0.39 is 0 Å². The molecule has 0 N–H and O–H groups in total. The van der Waals surface area contributed by atoms with Gasteiger partial charge in [-0.3, -0.25) is 14.5 Å². The fraction of sp³-hybridized carbons (Fsp3) is 0.0870. The molecule has 0 saturated carbocycles. The highest BCUT2D eigenvalue weighted by molar-refractivity contribution is 8.26. The molecule has 1 saturated heterocycles. The average molecular weight is 467 g/mol. The molecule has 0 spiro atoms. The second-order valence-corrected chi connectivity index (χ2v) is 9.09. The van der Waals surface area contributed by atoms with Crippen molar-refractivity contribution in [3.8, 4) is 0 Å². The van der Waals surface area contributed by atoms with Crippen LogP contribution in [0, 0.1) is 0 Å². The monoisotopic (exact) mass is 466 g/mol. The Kier molecular flexibility index (Phi) is 5.17. The number of halogens is 1. The van der Waals surface area contributed by atoms with Crippen LogP contribution in [0.2, 0.25) is 5.02 Å². The molecule has 2 amide bonds. The van der Waals surface area contributed by atoms with Crippen LogP contribution in [0.25, 0.3) is 5.57 Å². The molecule has 5 nitrogen and oxygen atoms in total. The predicted octanol–water partition coefficient (Wildman–Crippen LogP) is 5.25. The van der Waals surface area contributed by atoms with Crippen molar-refractivity contribution in [3.05, 3.63) is 93.7 Å². The van der Waals surface area contributed by atoms with Crippen molar-refractivity contribution in [1.29, 1.82) is 0 Å². The number of fused-ring (bicyclic) bond motifs is 1. The Morgan fingerprint density at radius 2 is 1.68 bits per heavy atom. The molecule has 2 aliphatic heterocycles. The van der Waals surface area contributed by atoms with Crippen LogP contribution in [-0.2, 0) is 22.7 Å². The number of amides is 2. The largest absolute Gasteiger partial charge is 0.467 e. The van der Waals surface area contributed by atoms with Crippen molar-refractivity contribution in [2.45, 2.75) is 13.1 Å². The van der Waals surface area contributed by atoms with Gasteiger partial charge in [0.25, 0.3) is 11.8 Å². The van der Waals surface area contributed by atoms with E-state index in [9.17, 15) is 9.59 Å². The Morgan fingerprint density at radius 3 is 2.45 bits per heavy atom.